The number of halogens is 1. The number of hydrogen-bond donors (Lipinski definition) is 2. The molecule has 2 heterocycles. The minimum Gasteiger partial charge on any atom is -0.495 e. The van der Waals surface area contributed by atoms with E-state index in [4.69, 9.17) is 35.3 Å². The molecule has 14 nitrogen and oxygen atoms in total. The van der Waals surface area contributed by atoms with Crippen LogP contribution in [0.3, 0.4) is 0 Å². The van der Waals surface area contributed by atoms with Crippen LogP contribution in [0.15, 0.2) is 120 Å². The minimum absolute atomic E-state index is 0.0596. The first kappa shape index (κ1) is 44.6. The Morgan fingerprint density at radius 3 is 2.19 bits per heavy atom. The number of nitrogens with zero attached hydrogens (tertiary/aromatic N) is 2. The minimum atomic E-state index is -1.43. The first-order chi connectivity index (χ1) is 30.0. The number of carbonyl (C=O) groups excluding carboxylic acids is 4. The summed E-state index contributed by atoms with van der Waals surface area (Å²) in [6, 6.07) is 29.4. The van der Waals surface area contributed by atoms with Crippen molar-refractivity contribution in [2.45, 2.75) is 70.1 Å². The predicted molar refractivity (Wildman–Crippen MR) is 229 cm³/mol. The van der Waals surface area contributed by atoms with Gasteiger partial charge in [-0.1, -0.05) is 72.3 Å². The van der Waals surface area contributed by atoms with Gasteiger partial charge in [-0.15, -0.1) is 0 Å². The van der Waals surface area contributed by atoms with Crippen molar-refractivity contribution in [3.05, 3.63) is 153 Å². The number of alkyl carbamates (subject to hydrolysis) is 1. The van der Waals surface area contributed by atoms with Gasteiger partial charge >= 0.3 is 18.0 Å². The zero-order chi connectivity index (χ0) is 44.0. The molecule has 15 heteroatoms. The fraction of sp³-hybridized carbons (Fsp3) is 0.277. The van der Waals surface area contributed by atoms with Gasteiger partial charge in [-0.25, -0.2) is 14.4 Å². The predicted octanol–water partition coefficient (Wildman–Crippen LogP) is 7.77. The number of anilines is 1. The van der Waals surface area contributed by atoms with Crippen LogP contribution in [0, 0.1) is 11.3 Å². The molecule has 0 saturated carbocycles. The third kappa shape index (κ3) is 11.9. The van der Waals surface area contributed by atoms with Gasteiger partial charge in [0.15, 0.2) is 6.04 Å². The Kier molecular flexibility index (Phi) is 15.5. The first-order valence-electron chi connectivity index (χ1n) is 19.9. The fourth-order valence-electron chi connectivity index (χ4n) is 6.87. The van der Waals surface area contributed by atoms with Crippen LogP contribution in [-0.2, 0) is 41.8 Å². The zero-order valence-electron chi connectivity index (χ0n) is 34.1. The Labute approximate surface area is 363 Å². The van der Waals surface area contributed by atoms with Gasteiger partial charge in [-0.3, -0.25) is 14.2 Å². The van der Waals surface area contributed by atoms with Crippen LogP contribution in [0.25, 0.3) is 11.1 Å². The molecule has 1 aromatic heterocycles. The molecule has 1 fully saturated rings. The van der Waals surface area contributed by atoms with E-state index >= 15 is 0 Å². The summed E-state index contributed by atoms with van der Waals surface area (Å²) in [6.45, 7) is 1.83. The lowest BCUT2D eigenvalue weighted by Gasteiger charge is -2.28. The van der Waals surface area contributed by atoms with Crippen molar-refractivity contribution in [3.63, 3.8) is 0 Å². The summed E-state index contributed by atoms with van der Waals surface area (Å²) in [5.41, 5.74) is 2.35. The molecule has 4 atom stereocenters. The highest BCUT2D eigenvalue weighted by molar-refractivity contribution is 6.31. The molecule has 3 unspecified atom stereocenters. The van der Waals surface area contributed by atoms with E-state index in [1.807, 2.05) is 12.1 Å². The number of methoxy groups -OCH3 is 1. The molecule has 1 saturated heterocycles. The van der Waals surface area contributed by atoms with Crippen LogP contribution < -0.4 is 20.9 Å². The maximum atomic E-state index is 14.1. The molecule has 5 aromatic rings. The van der Waals surface area contributed by atoms with Crippen molar-refractivity contribution in [3.8, 4) is 22.9 Å². The van der Waals surface area contributed by atoms with Crippen LogP contribution in [0.5, 0.6) is 5.75 Å². The van der Waals surface area contributed by atoms with Gasteiger partial charge in [0.2, 0.25) is 5.91 Å². The number of ether oxygens (including phenoxy) is 5. The number of esters is 2. The van der Waals surface area contributed by atoms with E-state index < -0.39 is 47.7 Å². The van der Waals surface area contributed by atoms with Gasteiger partial charge < -0.3 is 34.3 Å². The van der Waals surface area contributed by atoms with E-state index in [2.05, 4.69) is 16.7 Å². The van der Waals surface area contributed by atoms with Gasteiger partial charge in [0.1, 0.15) is 31.1 Å². The molecular weight excluding hydrogens is 816 g/mol. The third-order valence-corrected chi connectivity index (χ3v) is 10.4. The van der Waals surface area contributed by atoms with E-state index in [-0.39, 0.29) is 42.6 Å². The summed E-state index contributed by atoms with van der Waals surface area (Å²) in [5, 5.41) is 15.4. The normalized spacial score (nSPS) is 14.8. The van der Waals surface area contributed by atoms with Crippen molar-refractivity contribution in [2.75, 3.05) is 19.0 Å². The molecule has 0 bridgehead atoms. The average molecular weight is 861 g/mol. The molecule has 2 N–H and O–H groups in total. The molecule has 4 aromatic carbocycles. The van der Waals surface area contributed by atoms with Gasteiger partial charge in [0.05, 0.1) is 36.6 Å². The van der Waals surface area contributed by atoms with Crippen LogP contribution in [-0.4, -0.2) is 60.5 Å². The van der Waals surface area contributed by atoms with E-state index in [1.54, 1.807) is 66.7 Å². The Hall–Kier alpha value is -6.95. The van der Waals surface area contributed by atoms with Crippen LogP contribution >= 0.6 is 11.6 Å². The van der Waals surface area contributed by atoms with Crippen molar-refractivity contribution >= 4 is 41.2 Å². The molecule has 0 radical (unpaired) electrons. The summed E-state index contributed by atoms with van der Waals surface area (Å²) in [4.78, 5) is 67.5. The lowest BCUT2D eigenvalue weighted by atomic mass is 9.99. The number of nitriles is 1. The van der Waals surface area contributed by atoms with Crippen LogP contribution in [0.4, 0.5) is 10.5 Å². The molecule has 6 rings (SSSR count). The number of hydrogen-bond acceptors (Lipinski definition) is 11. The number of benzene rings is 4. The standard InChI is InChI=1S/C47H45ClN4O10/c1-30(43(46(56)60-28-31-11-5-3-6-12-31)51-47(57)61-29-32-13-7-4-8-14-32)62-45(55)33-17-20-36(21-18-33)50-44(54)40(24-37-15-9-10-22-59-37)52-27-41(58-2)39(25-42(52)53)38-23-35(48)19-16-34(38)26-49/h3-8,11-14,16-21,23,25,27,30,37,40,43H,9-10,15,22,24,28-29H2,1-2H3,(H,50,54)(H,51,57)/t30?,37-,40?,43?/m0/s1. The Bertz CT molecular complexity index is 2450. The molecule has 0 aliphatic carbocycles. The highest BCUT2D eigenvalue weighted by Crippen LogP contribution is 2.34. The Morgan fingerprint density at radius 2 is 1.56 bits per heavy atom. The summed E-state index contributed by atoms with van der Waals surface area (Å²) in [5.74, 6) is -1.95. The number of pyridine rings is 1. The van der Waals surface area contributed by atoms with Gasteiger partial charge in [-0.05, 0) is 79.8 Å². The summed E-state index contributed by atoms with van der Waals surface area (Å²) < 4.78 is 29.4. The van der Waals surface area contributed by atoms with Gasteiger partial charge in [0, 0.05) is 40.9 Å². The molecule has 320 valence electrons. The topological polar surface area (TPSA) is 184 Å². The van der Waals surface area contributed by atoms with Crippen LogP contribution in [0.1, 0.15) is 65.7 Å². The number of nitrogens with one attached hydrogen (secondary N) is 2. The number of carbonyl (C=O) groups is 4. The number of aromatic nitrogens is 1. The SMILES string of the molecule is COc1cn(C(C[C@@H]2CCCCO2)C(=O)Nc2ccc(C(=O)OC(C)C(NC(=O)OCc3ccccc3)C(=O)OCc3ccccc3)cc2)c(=O)cc1-c1cc(Cl)ccc1C#N. The van der Waals surface area contributed by atoms with E-state index in [1.165, 1.54) is 55.1 Å². The largest absolute Gasteiger partial charge is 0.495 e. The van der Waals surface area contributed by atoms with Crippen molar-refractivity contribution < 1.29 is 42.9 Å². The maximum Gasteiger partial charge on any atom is 0.408 e. The summed E-state index contributed by atoms with van der Waals surface area (Å²) in [6.07, 6.45) is 1.70. The molecule has 2 amide bonds. The molecule has 0 spiro atoms. The average Bonchev–Trinajstić information content (AvgIpc) is 3.29. The molecule has 62 heavy (non-hydrogen) atoms. The van der Waals surface area contributed by atoms with Crippen molar-refractivity contribution in [1.29, 1.82) is 5.26 Å². The van der Waals surface area contributed by atoms with Gasteiger partial charge in [0.25, 0.3) is 5.56 Å². The smallest absolute Gasteiger partial charge is 0.408 e. The van der Waals surface area contributed by atoms with Crippen LogP contribution in [0.2, 0.25) is 5.02 Å². The van der Waals surface area contributed by atoms with E-state index in [0.29, 0.717) is 40.4 Å². The molecular formula is C47H45ClN4O10. The maximum absolute atomic E-state index is 14.1. The van der Waals surface area contributed by atoms with E-state index in [9.17, 15) is 29.2 Å². The van der Waals surface area contributed by atoms with Gasteiger partial charge in [-0.2, -0.15) is 5.26 Å². The lowest BCUT2D eigenvalue weighted by molar-refractivity contribution is -0.150. The fourth-order valence-corrected chi connectivity index (χ4v) is 7.04. The highest BCUT2D eigenvalue weighted by Gasteiger charge is 2.33. The second kappa shape index (κ2) is 21.5. The lowest BCUT2D eigenvalue weighted by Crippen LogP contribution is -2.50. The highest BCUT2D eigenvalue weighted by atomic mass is 35.5. The second-order valence-electron chi connectivity index (χ2n) is 14.5. The third-order valence-electron chi connectivity index (χ3n) is 10.2. The quantitative estimate of drug-likeness (QED) is 0.0730. The monoisotopic (exact) mass is 860 g/mol. The zero-order valence-corrected chi connectivity index (χ0v) is 34.8. The number of amides is 2. The summed E-state index contributed by atoms with van der Waals surface area (Å²) in [7, 11) is 1.42. The van der Waals surface area contributed by atoms with Crippen molar-refractivity contribution in [2.24, 2.45) is 0 Å². The van der Waals surface area contributed by atoms with E-state index in [0.717, 1.165) is 18.4 Å². The van der Waals surface area contributed by atoms with Crippen molar-refractivity contribution in [1.82, 2.24) is 9.88 Å². The number of rotatable bonds is 16. The Morgan fingerprint density at radius 1 is 0.887 bits per heavy atom. The molecule has 1 aliphatic heterocycles. The first-order valence-corrected chi connectivity index (χ1v) is 20.3. The Balaban J connectivity index is 1.16. The second-order valence-corrected chi connectivity index (χ2v) is 14.9. The molecule has 1 aliphatic rings. The summed E-state index contributed by atoms with van der Waals surface area (Å²) >= 11 is 6.25.